The van der Waals surface area contributed by atoms with E-state index in [1.165, 1.54) is 30.3 Å². The second-order valence-electron chi connectivity index (χ2n) is 9.83. The summed E-state index contributed by atoms with van der Waals surface area (Å²) in [5.74, 6) is -2.11. The number of nitrogens with one attached hydrogen (secondary N) is 1. The van der Waals surface area contributed by atoms with E-state index in [9.17, 15) is 22.8 Å². The van der Waals surface area contributed by atoms with Crippen LogP contribution in [-0.2, 0) is 46.8 Å². The maximum atomic E-state index is 13.9. The van der Waals surface area contributed by atoms with Crippen molar-refractivity contribution in [2.75, 3.05) is 13.2 Å². The van der Waals surface area contributed by atoms with E-state index in [0.717, 1.165) is 11.1 Å². The number of sulfonamides is 1. The molecule has 9 nitrogen and oxygen atoms in total. The van der Waals surface area contributed by atoms with Crippen LogP contribution in [0.1, 0.15) is 44.4 Å². The Morgan fingerprint density at radius 3 is 2.05 bits per heavy atom. The van der Waals surface area contributed by atoms with Gasteiger partial charge in [-0.15, -0.1) is 0 Å². The Morgan fingerprint density at radius 1 is 1.00 bits per heavy atom. The number of carbonyl (C=O) groups is 3. The van der Waals surface area contributed by atoms with Crippen molar-refractivity contribution in [3.8, 4) is 0 Å². The number of fused-ring (bicyclic) bond motifs is 1. The fourth-order valence-electron chi connectivity index (χ4n) is 4.44. The highest BCUT2D eigenvalue weighted by Crippen LogP contribution is 2.30. The molecule has 0 aromatic heterocycles. The molecule has 0 radical (unpaired) electrons. The Balaban J connectivity index is 2.19. The molecule has 200 valence electrons. The van der Waals surface area contributed by atoms with E-state index in [1.807, 2.05) is 19.1 Å². The van der Waals surface area contributed by atoms with Crippen LogP contribution in [0.4, 0.5) is 0 Å². The van der Waals surface area contributed by atoms with Gasteiger partial charge in [-0.25, -0.2) is 8.42 Å². The molecular formula is C27H34N2O7S. The summed E-state index contributed by atoms with van der Waals surface area (Å²) in [5, 5.41) is 2.92. The molecule has 1 N–H and O–H groups in total. The molecule has 0 fully saturated rings. The molecule has 0 aliphatic carbocycles. The van der Waals surface area contributed by atoms with Gasteiger partial charge in [-0.05, 0) is 36.1 Å². The maximum absolute atomic E-state index is 13.9. The number of aryl methyl sites for hydroxylation is 1. The lowest BCUT2D eigenvalue weighted by Crippen LogP contribution is -2.62. The van der Waals surface area contributed by atoms with Crippen molar-refractivity contribution in [2.45, 2.75) is 64.1 Å². The number of rotatable bonds is 7. The minimum absolute atomic E-state index is 0.0418. The van der Waals surface area contributed by atoms with E-state index in [-0.39, 0.29) is 31.1 Å². The number of nitrogens with zero attached hydrogens (tertiary/aromatic N) is 1. The summed E-state index contributed by atoms with van der Waals surface area (Å²) in [4.78, 5) is 37.4. The monoisotopic (exact) mass is 530 g/mol. The molecule has 1 aliphatic heterocycles. The Labute approximate surface area is 218 Å². The third-order valence-electron chi connectivity index (χ3n) is 6.30. The van der Waals surface area contributed by atoms with Gasteiger partial charge in [0.15, 0.2) is 0 Å². The first-order valence-electron chi connectivity index (χ1n) is 12.1. The maximum Gasteiger partial charge on any atom is 0.302 e. The van der Waals surface area contributed by atoms with Gasteiger partial charge in [-0.1, -0.05) is 55.8 Å². The Kier molecular flexibility index (Phi) is 8.76. The smallest absolute Gasteiger partial charge is 0.302 e. The topological polar surface area (TPSA) is 119 Å². The number of benzene rings is 2. The largest absolute Gasteiger partial charge is 0.463 e. The molecule has 1 amide bonds. The summed E-state index contributed by atoms with van der Waals surface area (Å²) in [7, 11) is -4.09. The zero-order valence-electron chi connectivity index (χ0n) is 21.8. The summed E-state index contributed by atoms with van der Waals surface area (Å²) in [6.07, 6.45) is 0.151. The molecule has 1 heterocycles. The van der Waals surface area contributed by atoms with Gasteiger partial charge in [0.05, 0.1) is 4.90 Å². The van der Waals surface area contributed by atoms with E-state index < -0.39 is 45.4 Å². The van der Waals surface area contributed by atoms with Gasteiger partial charge in [0.1, 0.15) is 24.8 Å². The van der Waals surface area contributed by atoms with Gasteiger partial charge in [0.2, 0.25) is 15.9 Å². The number of ether oxygens (including phenoxy) is 2. The third-order valence-corrected chi connectivity index (χ3v) is 8.14. The highest BCUT2D eigenvalue weighted by Gasteiger charge is 2.44. The zero-order valence-corrected chi connectivity index (χ0v) is 22.6. The van der Waals surface area contributed by atoms with Crippen molar-refractivity contribution in [1.82, 2.24) is 9.62 Å². The van der Waals surface area contributed by atoms with Gasteiger partial charge >= 0.3 is 11.9 Å². The minimum atomic E-state index is -4.09. The molecule has 1 aliphatic rings. The molecule has 2 aromatic rings. The molecule has 0 saturated heterocycles. The predicted molar refractivity (Wildman–Crippen MR) is 137 cm³/mol. The highest BCUT2D eigenvalue weighted by atomic mass is 32.2. The van der Waals surface area contributed by atoms with Crippen LogP contribution < -0.4 is 5.32 Å². The summed E-state index contributed by atoms with van der Waals surface area (Å²) >= 11 is 0. The summed E-state index contributed by atoms with van der Waals surface area (Å²) in [6, 6.07) is 12.6. The zero-order chi connectivity index (χ0) is 27.4. The number of amides is 1. The average molecular weight is 531 g/mol. The molecule has 0 spiro atoms. The molecule has 10 heteroatoms. The molecule has 0 bridgehead atoms. The quantitative estimate of drug-likeness (QED) is 0.547. The summed E-state index contributed by atoms with van der Waals surface area (Å²) in [6.45, 7) is 7.34. The molecule has 2 aromatic carbocycles. The first-order chi connectivity index (χ1) is 17.3. The number of hydrogen-bond acceptors (Lipinski definition) is 7. The van der Waals surface area contributed by atoms with Crippen molar-refractivity contribution in [2.24, 2.45) is 5.92 Å². The van der Waals surface area contributed by atoms with E-state index in [2.05, 4.69) is 5.32 Å². The molecule has 0 saturated carbocycles. The van der Waals surface area contributed by atoms with Crippen LogP contribution in [-0.4, -0.2) is 55.4 Å². The highest BCUT2D eigenvalue weighted by molar-refractivity contribution is 7.89. The van der Waals surface area contributed by atoms with Gasteiger partial charge in [-0.2, -0.15) is 4.31 Å². The molecule has 1 atom stereocenters. The van der Waals surface area contributed by atoms with Crippen molar-refractivity contribution >= 4 is 27.9 Å². The van der Waals surface area contributed by atoms with Crippen LogP contribution in [0.2, 0.25) is 0 Å². The van der Waals surface area contributed by atoms with Crippen LogP contribution in [0.3, 0.4) is 0 Å². The third kappa shape index (κ3) is 6.75. The van der Waals surface area contributed by atoms with Crippen molar-refractivity contribution < 1.29 is 32.3 Å². The lowest BCUT2D eigenvalue weighted by Gasteiger charge is -2.36. The van der Waals surface area contributed by atoms with Crippen LogP contribution in [0.15, 0.2) is 53.4 Å². The molecule has 37 heavy (non-hydrogen) atoms. The van der Waals surface area contributed by atoms with Crippen molar-refractivity contribution in [3.63, 3.8) is 0 Å². The van der Waals surface area contributed by atoms with Crippen molar-refractivity contribution in [1.29, 1.82) is 0 Å². The lowest BCUT2D eigenvalue weighted by molar-refractivity contribution is -0.151. The minimum Gasteiger partial charge on any atom is -0.463 e. The molecule has 0 unspecified atom stereocenters. The van der Waals surface area contributed by atoms with Crippen LogP contribution in [0.25, 0.3) is 0 Å². The average Bonchev–Trinajstić information content (AvgIpc) is 2.87. The number of hydrogen-bond donors (Lipinski definition) is 1. The van der Waals surface area contributed by atoms with Gasteiger partial charge in [0, 0.05) is 26.8 Å². The normalized spacial score (nSPS) is 18.1. The summed E-state index contributed by atoms with van der Waals surface area (Å²) < 4.78 is 39.7. The van der Waals surface area contributed by atoms with E-state index in [0.29, 0.717) is 5.56 Å². The second kappa shape index (κ2) is 11.4. The summed E-state index contributed by atoms with van der Waals surface area (Å²) in [5.41, 5.74) is 1.03. The van der Waals surface area contributed by atoms with E-state index >= 15 is 0 Å². The van der Waals surface area contributed by atoms with E-state index in [4.69, 9.17) is 9.47 Å². The Hall–Kier alpha value is -3.24. The predicted octanol–water partition coefficient (Wildman–Crippen LogP) is 2.75. The standard InChI is InChI=1S/C27H34N2O7S/c1-18(2)25-26(32)28-27(16-35-20(4)30,17-36-21(5)31)14-22-8-6-7-9-23(22)15-29(25)37(33,34)24-12-10-19(3)11-13-24/h6-13,18,25H,14-17H2,1-5H3,(H,28,32)/t25-/m0/s1. The second-order valence-corrected chi connectivity index (χ2v) is 11.7. The SMILES string of the molecule is CC(=O)OCC1(COC(C)=O)Cc2ccccc2CN(S(=O)(=O)c2ccc(C)cc2)[C@@H](C(C)C)C(=O)N1. The molecular weight excluding hydrogens is 496 g/mol. The Bertz CT molecular complexity index is 1240. The fourth-order valence-corrected chi connectivity index (χ4v) is 6.13. The number of carbonyl (C=O) groups excluding carboxylic acids is 3. The first-order valence-corrected chi connectivity index (χ1v) is 13.5. The van der Waals surface area contributed by atoms with E-state index in [1.54, 1.807) is 38.1 Å². The first kappa shape index (κ1) is 28.3. The van der Waals surface area contributed by atoms with Gasteiger partial charge in [0.25, 0.3) is 0 Å². The molecule has 3 rings (SSSR count). The number of esters is 2. The van der Waals surface area contributed by atoms with Crippen LogP contribution in [0, 0.1) is 12.8 Å². The van der Waals surface area contributed by atoms with Crippen LogP contribution in [0.5, 0.6) is 0 Å². The fraction of sp³-hybridized carbons (Fsp3) is 0.444. The van der Waals surface area contributed by atoms with Crippen LogP contribution >= 0.6 is 0 Å². The Morgan fingerprint density at radius 2 is 1.54 bits per heavy atom. The van der Waals surface area contributed by atoms with Crippen molar-refractivity contribution in [3.05, 3.63) is 65.2 Å². The lowest BCUT2D eigenvalue weighted by atomic mass is 9.89. The van der Waals surface area contributed by atoms with Gasteiger partial charge in [-0.3, -0.25) is 14.4 Å². The van der Waals surface area contributed by atoms with Gasteiger partial charge < -0.3 is 14.8 Å².